The van der Waals surface area contributed by atoms with Crippen LogP contribution in [0.15, 0.2) is 24.7 Å². The Kier molecular flexibility index (Phi) is 4.35. The van der Waals surface area contributed by atoms with Crippen molar-refractivity contribution >= 4 is 5.69 Å². The zero-order valence-electron chi connectivity index (χ0n) is 12.6. The van der Waals surface area contributed by atoms with Crippen LogP contribution in [0, 0.1) is 11.3 Å². The quantitative estimate of drug-likeness (QED) is 0.916. The minimum absolute atomic E-state index is 0.164. The number of nitrogens with one attached hydrogen (secondary N) is 1. The van der Waals surface area contributed by atoms with Gasteiger partial charge in [0.15, 0.2) is 0 Å². The molecule has 0 amide bonds. The molecule has 1 aliphatic carbocycles. The van der Waals surface area contributed by atoms with Crippen LogP contribution < -0.4 is 5.32 Å². The number of nitriles is 1. The summed E-state index contributed by atoms with van der Waals surface area (Å²) in [6.45, 7) is 1.38. The first kappa shape index (κ1) is 14.5. The highest BCUT2D eigenvalue weighted by Crippen LogP contribution is 2.33. The number of anilines is 1. The summed E-state index contributed by atoms with van der Waals surface area (Å²) in [5.74, 6) is 0. The van der Waals surface area contributed by atoms with Crippen molar-refractivity contribution in [3.05, 3.63) is 41.5 Å². The molecule has 0 radical (unpaired) electrons. The van der Waals surface area contributed by atoms with Gasteiger partial charge in [0, 0.05) is 19.5 Å². The second kappa shape index (κ2) is 6.58. The van der Waals surface area contributed by atoms with Crippen molar-refractivity contribution in [1.82, 2.24) is 14.8 Å². The van der Waals surface area contributed by atoms with Gasteiger partial charge in [-0.05, 0) is 30.9 Å². The standard InChI is InChI=1S/C16H19N5O/c1-22-8-7-21-16-12(11-19-21)3-2-4-15(16)20-14-5-6-18-10-13(14)9-17/h5-6,10-11,15H,2-4,7-8H2,1H3,(H,18,20). The molecular weight excluding hydrogens is 278 g/mol. The molecule has 114 valence electrons. The topological polar surface area (TPSA) is 75.8 Å². The lowest BCUT2D eigenvalue weighted by Gasteiger charge is -2.26. The normalized spacial score (nSPS) is 16.8. The first-order valence-electron chi connectivity index (χ1n) is 7.47. The van der Waals surface area contributed by atoms with E-state index in [9.17, 15) is 5.26 Å². The van der Waals surface area contributed by atoms with Crippen molar-refractivity contribution in [3.8, 4) is 6.07 Å². The Morgan fingerprint density at radius 1 is 1.50 bits per heavy atom. The number of nitrogens with zero attached hydrogens (tertiary/aromatic N) is 4. The number of ether oxygens (including phenoxy) is 1. The maximum Gasteiger partial charge on any atom is 0.103 e. The summed E-state index contributed by atoms with van der Waals surface area (Å²) in [4.78, 5) is 4.01. The number of hydrogen-bond acceptors (Lipinski definition) is 5. The molecule has 0 fully saturated rings. The predicted octanol–water partition coefficient (Wildman–Crippen LogP) is 2.29. The van der Waals surface area contributed by atoms with Crippen LogP contribution in [0.4, 0.5) is 5.69 Å². The first-order valence-corrected chi connectivity index (χ1v) is 7.47. The van der Waals surface area contributed by atoms with E-state index in [0.29, 0.717) is 12.2 Å². The maximum absolute atomic E-state index is 9.21. The number of methoxy groups -OCH3 is 1. The fraction of sp³-hybridized carbons (Fsp3) is 0.438. The highest BCUT2D eigenvalue weighted by atomic mass is 16.5. The van der Waals surface area contributed by atoms with E-state index in [2.05, 4.69) is 21.5 Å². The van der Waals surface area contributed by atoms with E-state index >= 15 is 0 Å². The third kappa shape index (κ3) is 2.81. The molecule has 1 atom stereocenters. The molecule has 22 heavy (non-hydrogen) atoms. The molecule has 0 saturated carbocycles. The number of hydrogen-bond donors (Lipinski definition) is 1. The van der Waals surface area contributed by atoms with Crippen LogP contribution in [0.5, 0.6) is 0 Å². The molecular formula is C16H19N5O. The Bertz CT molecular complexity index is 688. The fourth-order valence-electron chi connectivity index (χ4n) is 2.96. The van der Waals surface area contributed by atoms with E-state index in [1.165, 1.54) is 11.3 Å². The molecule has 2 aromatic heterocycles. The highest BCUT2D eigenvalue weighted by Gasteiger charge is 2.25. The summed E-state index contributed by atoms with van der Waals surface area (Å²) in [5, 5.41) is 17.2. The predicted molar refractivity (Wildman–Crippen MR) is 82.4 cm³/mol. The molecule has 2 heterocycles. The van der Waals surface area contributed by atoms with Crippen LogP contribution >= 0.6 is 0 Å². The molecule has 2 aromatic rings. The Morgan fingerprint density at radius 2 is 2.41 bits per heavy atom. The third-order valence-electron chi connectivity index (χ3n) is 4.01. The number of aryl methyl sites for hydroxylation is 1. The van der Waals surface area contributed by atoms with Crippen LogP contribution in [0.3, 0.4) is 0 Å². The SMILES string of the molecule is COCCn1ncc2c1C(Nc1ccncc1C#N)CCC2. The first-order chi connectivity index (χ1) is 10.8. The molecule has 1 aliphatic rings. The van der Waals surface area contributed by atoms with Gasteiger partial charge in [-0.2, -0.15) is 10.4 Å². The van der Waals surface area contributed by atoms with Gasteiger partial charge in [0.2, 0.25) is 0 Å². The summed E-state index contributed by atoms with van der Waals surface area (Å²) in [7, 11) is 1.70. The Morgan fingerprint density at radius 3 is 3.23 bits per heavy atom. The van der Waals surface area contributed by atoms with E-state index in [4.69, 9.17) is 4.74 Å². The molecule has 1 unspecified atom stereocenters. The van der Waals surface area contributed by atoms with Crippen LogP contribution in [0.2, 0.25) is 0 Å². The van der Waals surface area contributed by atoms with Gasteiger partial charge >= 0.3 is 0 Å². The van der Waals surface area contributed by atoms with Crippen molar-refractivity contribution in [3.63, 3.8) is 0 Å². The summed E-state index contributed by atoms with van der Waals surface area (Å²) in [5.41, 5.74) is 3.89. The monoisotopic (exact) mass is 297 g/mol. The molecule has 1 N–H and O–H groups in total. The van der Waals surface area contributed by atoms with Crippen LogP contribution in [-0.4, -0.2) is 28.5 Å². The largest absolute Gasteiger partial charge is 0.383 e. The van der Waals surface area contributed by atoms with E-state index in [1.54, 1.807) is 19.5 Å². The molecule has 0 aliphatic heterocycles. The number of fused-ring (bicyclic) bond motifs is 1. The van der Waals surface area contributed by atoms with Gasteiger partial charge in [0.1, 0.15) is 6.07 Å². The molecule has 6 nitrogen and oxygen atoms in total. The zero-order valence-corrected chi connectivity index (χ0v) is 12.6. The molecule has 0 bridgehead atoms. The van der Waals surface area contributed by atoms with Gasteiger partial charge < -0.3 is 10.1 Å². The molecule has 0 aromatic carbocycles. The smallest absolute Gasteiger partial charge is 0.103 e. The number of aromatic nitrogens is 3. The number of pyridine rings is 1. The van der Waals surface area contributed by atoms with Crippen molar-refractivity contribution in [2.75, 3.05) is 19.0 Å². The Balaban J connectivity index is 1.88. The maximum atomic E-state index is 9.21. The lowest BCUT2D eigenvalue weighted by molar-refractivity contribution is 0.182. The van der Waals surface area contributed by atoms with Crippen molar-refractivity contribution in [1.29, 1.82) is 5.26 Å². The lowest BCUT2D eigenvalue weighted by atomic mass is 9.93. The van der Waals surface area contributed by atoms with E-state index < -0.39 is 0 Å². The second-order valence-corrected chi connectivity index (χ2v) is 5.39. The molecule has 0 spiro atoms. The highest BCUT2D eigenvalue weighted by molar-refractivity contribution is 5.57. The second-order valence-electron chi connectivity index (χ2n) is 5.39. The molecule has 0 saturated heterocycles. The van der Waals surface area contributed by atoms with Gasteiger partial charge in [0.05, 0.1) is 42.3 Å². The Labute approximate surface area is 129 Å². The van der Waals surface area contributed by atoms with Crippen LogP contribution in [-0.2, 0) is 17.7 Å². The fourth-order valence-corrected chi connectivity index (χ4v) is 2.96. The van der Waals surface area contributed by atoms with Crippen LogP contribution in [0.25, 0.3) is 0 Å². The zero-order chi connectivity index (χ0) is 15.4. The molecule has 3 rings (SSSR count). The average molecular weight is 297 g/mol. The summed E-state index contributed by atoms with van der Waals surface area (Å²) >= 11 is 0. The van der Waals surface area contributed by atoms with Gasteiger partial charge in [-0.3, -0.25) is 9.67 Å². The van der Waals surface area contributed by atoms with Crippen molar-refractivity contribution in [2.45, 2.75) is 31.8 Å². The van der Waals surface area contributed by atoms with Crippen molar-refractivity contribution < 1.29 is 4.74 Å². The minimum atomic E-state index is 0.164. The van der Waals surface area contributed by atoms with E-state index in [-0.39, 0.29) is 6.04 Å². The minimum Gasteiger partial charge on any atom is -0.383 e. The van der Waals surface area contributed by atoms with Crippen LogP contribution in [0.1, 0.15) is 35.7 Å². The van der Waals surface area contributed by atoms with E-state index in [1.807, 2.05) is 16.9 Å². The molecule has 6 heteroatoms. The van der Waals surface area contributed by atoms with Gasteiger partial charge in [-0.1, -0.05) is 0 Å². The third-order valence-corrected chi connectivity index (χ3v) is 4.01. The average Bonchev–Trinajstić information content (AvgIpc) is 2.97. The summed E-state index contributed by atoms with van der Waals surface area (Å²) in [6, 6.07) is 4.20. The lowest BCUT2D eigenvalue weighted by Crippen LogP contribution is -2.22. The summed E-state index contributed by atoms with van der Waals surface area (Å²) < 4.78 is 7.18. The summed E-state index contributed by atoms with van der Waals surface area (Å²) in [6.07, 6.45) is 8.45. The van der Waals surface area contributed by atoms with Gasteiger partial charge in [-0.25, -0.2) is 0 Å². The van der Waals surface area contributed by atoms with Crippen molar-refractivity contribution in [2.24, 2.45) is 0 Å². The van der Waals surface area contributed by atoms with Gasteiger partial charge in [-0.15, -0.1) is 0 Å². The van der Waals surface area contributed by atoms with Gasteiger partial charge in [0.25, 0.3) is 0 Å². The Hall–Kier alpha value is -2.39. The van der Waals surface area contributed by atoms with E-state index in [0.717, 1.165) is 31.5 Å². The number of rotatable bonds is 5.